The van der Waals surface area contributed by atoms with Crippen LogP contribution < -0.4 is 19.6 Å². The van der Waals surface area contributed by atoms with Crippen LogP contribution >= 0.6 is 11.3 Å². The molecule has 3 heterocycles. The summed E-state index contributed by atoms with van der Waals surface area (Å²) in [4.78, 5) is 9.85. The fourth-order valence-corrected chi connectivity index (χ4v) is 7.47. The van der Waals surface area contributed by atoms with Crippen LogP contribution in [-0.2, 0) is 0 Å². The van der Waals surface area contributed by atoms with E-state index in [1.165, 1.54) is 59.9 Å². The van der Waals surface area contributed by atoms with E-state index in [1.54, 1.807) is 0 Å². The summed E-state index contributed by atoms with van der Waals surface area (Å²) in [5.74, 6) is 0. The molecule has 0 spiro atoms. The maximum absolute atomic E-state index is 2.56. The van der Waals surface area contributed by atoms with Gasteiger partial charge in [0.25, 0.3) is 0 Å². The number of thiophene rings is 1. The molecule has 36 heavy (non-hydrogen) atoms. The monoisotopic (exact) mass is 490 g/mol. The van der Waals surface area contributed by atoms with Crippen molar-refractivity contribution >= 4 is 65.6 Å². The Kier molecular flexibility index (Phi) is 4.58. The van der Waals surface area contributed by atoms with Crippen LogP contribution in [-0.4, -0.2) is 26.4 Å². The molecule has 5 heteroatoms. The van der Waals surface area contributed by atoms with Gasteiger partial charge in [0.2, 0.25) is 0 Å². The fraction of sp³-hybridized carbons (Fsp3) is 0.226. The quantitative estimate of drug-likeness (QED) is 0.247. The van der Waals surface area contributed by atoms with Gasteiger partial charge in [-0.15, -0.1) is 11.3 Å². The highest BCUT2D eigenvalue weighted by atomic mass is 32.1. The first-order chi connectivity index (χ1) is 17.5. The lowest BCUT2D eigenvalue weighted by Crippen LogP contribution is -2.37. The smallest absolute Gasteiger partial charge is 0.103 e. The zero-order chi connectivity index (χ0) is 24.7. The van der Waals surface area contributed by atoms with Crippen molar-refractivity contribution in [1.82, 2.24) is 0 Å². The Bertz CT molecular complexity index is 1650. The molecule has 4 aromatic carbocycles. The van der Waals surface area contributed by atoms with Gasteiger partial charge in [-0.05, 0) is 62.7 Å². The Labute approximate surface area is 216 Å². The van der Waals surface area contributed by atoms with E-state index in [1.807, 2.05) is 11.3 Å². The number of rotatable bonds is 2. The normalized spacial score (nSPS) is 19.0. The third-order valence-corrected chi connectivity index (χ3v) is 9.47. The summed E-state index contributed by atoms with van der Waals surface area (Å²) in [5, 5.41) is 2.67. The summed E-state index contributed by atoms with van der Waals surface area (Å²) in [7, 11) is 4.41. The minimum absolute atomic E-state index is 0.218. The van der Waals surface area contributed by atoms with Crippen LogP contribution in [0, 0.1) is 6.92 Å². The third kappa shape index (κ3) is 2.75. The fourth-order valence-electron chi connectivity index (χ4n) is 6.18. The van der Waals surface area contributed by atoms with Gasteiger partial charge >= 0.3 is 0 Å². The molecule has 2 atom stereocenters. The van der Waals surface area contributed by atoms with Crippen molar-refractivity contribution in [3.63, 3.8) is 0 Å². The number of nitrogens with zero attached hydrogens (tertiary/aromatic N) is 4. The van der Waals surface area contributed by atoms with Crippen molar-refractivity contribution in [3.8, 4) is 0 Å². The van der Waals surface area contributed by atoms with E-state index in [4.69, 9.17) is 0 Å². The first kappa shape index (κ1) is 21.6. The van der Waals surface area contributed by atoms with Crippen LogP contribution in [0.1, 0.15) is 19.4 Å². The number of fused-ring (bicyclic) bond motifs is 5. The topological polar surface area (TPSA) is 13.0 Å². The molecule has 0 saturated carbocycles. The van der Waals surface area contributed by atoms with Crippen molar-refractivity contribution in [1.29, 1.82) is 0 Å². The predicted molar refractivity (Wildman–Crippen MR) is 157 cm³/mol. The van der Waals surface area contributed by atoms with Gasteiger partial charge in [0.1, 0.15) is 12.3 Å². The zero-order valence-electron chi connectivity index (χ0n) is 21.4. The van der Waals surface area contributed by atoms with E-state index in [-0.39, 0.29) is 12.3 Å². The Balaban J connectivity index is 1.57. The summed E-state index contributed by atoms with van der Waals surface area (Å²) in [5.41, 5.74) is 9.04. The molecule has 0 fully saturated rings. The molecular formula is C31H30N4S. The second-order valence-corrected chi connectivity index (χ2v) is 11.1. The van der Waals surface area contributed by atoms with E-state index in [2.05, 4.69) is 133 Å². The molecule has 2 aliphatic heterocycles. The zero-order valence-corrected chi connectivity index (χ0v) is 22.2. The number of para-hydroxylation sites is 4. The molecule has 0 aliphatic carbocycles. The molecule has 2 aliphatic rings. The molecule has 0 bridgehead atoms. The van der Waals surface area contributed by atoms with E-state index < -0.39 is 0 Å². The van der Waals surface area contributed by atoms with Crippen molar-refractivity contribution in [3.05, 3.63) is 84.4 Å². The molecule has 4 nitrogen and oxygen atoms in total. The molecule has 0 saturated heterocycles. The highest BCUT2D eigenvalue weighted by Crippen LogP contribution is 2.54. The Morgan fingerprint density at radius 2 is 1.14 bits per heavy atom. The molecule has 0 N–H and O–H groups in total. The minimum atomic E-state index is 0.218. The number of anilines is 6. The lowest BCUT2D eigenvalue weighted by molar-refractivity contribution is 0.727. The van der Waals surface area contributed by atoms with E-state index in [0.717, 1.165) is 0 Å². The SMILES string of the molecule is Cc1c(N2c3ccccc3N(C)[C@H]2C)cc2c(sc3ccccc32)c1N1c2ccccc2N(C)[C@@H]1C. The number of hydrogen-bond acceptors (Lipinski definition) is 5. The summed E-state index contributed by atoms with van der Waals surface area (Å²) in [6.07, 6.45) is 0.443. The summed E-state index contributed by atoms with van der Waals surface area (Å²) >= 11 is 1.92. The van der Waals surface area contributed by atoms with Gasteiger partial charge in [0.05, 0.1) is 33.1 Å². The van der Waals surface area contributed by atoms with Gasteiger partial charge in [-0.3, -0.25) is 0 Å². The molecule has 7 rings (SSSR count). The highest BCUT2D eigenvalue weighted by Gasteiger charge is 2.37. The Hall–Kier alpha value is -3.70. The van der Waals surface area contributed by atoms with Crippen LogP contribution in [0.25, 0.3) is 20.2 Å². The van der Waals surface area contributed by atoms with Crippen LogP contribution in [0.15, 0.2) is 78.9 Å². The van der Waals surface area contributed by atoms with E-state index in [0.29, 0.717) is 0 Å². The number of hydrogen-bond donors (Lipinski definition) is 0. The lowest BCUT2D eigenvalue weighted by Gasteiger charge is -2.34. The molecule has 5 aromatic rings. The van der Waals surface area contributed by atoms with Crippen LogP contribution in [0.2, 0.25) is 0 Å². The largest absolute Gasteiger partial charge is 0.353 e. The Morgan fingerprint density at radius 1 is 0.611 bits per heavy atom. The lowest BCUT2D eigenvalue weighted by atomic mass is 10.0. The van der Waals surface area contributed by atoms with Crippen LogP contribution in [0.5, 0.6) is 0 Å². The van der Waals surface area contributed by atoms with Gasteiger partial charge in [-0.2, -0.15) is 0 Å². The molecule has 0 radical (unpaired) electrons. The average molecular weight is 491 g/mol. The molecule has 180 valence electrons. The highest BCUT2D eigenvalue weighted by molar-refractivity contribution is 7.26. The van der Waals surface area contributed by atoms with E-state index >= 15 is 0 Å². The van der Waals surface area contributed by atoms with Crippen molar-refractivity contribution < 1.29 is 0 Å². The second-order valence-electron chi connectivity index (χ2n) is 10.0. The third-order valence-electron chi connectivity index (χ3n) is 8.28. The van der Waals surface area contributed by atoms with Gasteiger partial charge in [-0.25, -0.2) is 0 Å². The van der Waals surface area contributed by atoms with E-state index in [9.17, 15) is 0 Å². The predicted octanol–water partition coefficient (Wildman–Crippen LogP) is 8.23. The molecule has 0 unspecified atom stereocenters. The van der Waals surface area contributed by atoms with Gasteiger partial charge < -0.3 is 19.6 Å². The molecular weight excluding hydrogens is 460 g/mol. The molecule has 1 aromatic heterocycles. The molecule has 0 amide bonds. The average Bonchev–Trinajstić information content (AvgIpc) is 3.48. The van der Waals surface area contributed by atoms with Crippen LogP contribution in [0.4, 0.5) is 34.1 Å². The standard InChI is InChI=1S/C31H30N4S/c1-19-28(34-20(2)32(4)24-13-7-9-15-26(24)34)18-23-22-12-6-11-17-29(22)36-31(23)30(19)35-21(3)33(5)25-14-8-10-16-27(25)35/h6-18,20-21H,1-5H3/t20-,21+/m1/s1. The van der Waals surface area contributed by atoms with Gasteiger partial charge in [0, 0.05) is 35.3 Å². The maximum Gasteiger partial charge on any atom is 0.103 e. The van der Waals surface area contributed by atoms with Gasteiger partial charge in [0.15, 0.2) is 0 Å². The maximum atomic E-state index is 2.56. The Morgan fingerprint density at radius 3 is 1.81 bits per heavy atom. The first-order valence-corrected chi connectivity index (χ1v) is 13.5. The van der Waals surface area contributed by atoms with Crippen molar-refractivity contribution in [2.45, 2.75) is 33.1 Å². The number of benzene rings is 4. The summed E-state index contributed by atoms with van der Waals surface area (Å²) < 4.78 is 2.70. The summed E-state index contributed by atoms with van der Waals surface area (Å²) in [6, 6.07) is 28.9. The van der Waals surface area contributed by atoms with Crippen LogP contribution in [0.3, 0.4) is 0 Å². The first-order valence-electron chi connectivity index (χ1n) is 12.6. The van der Waals surface area contributed by atoms with Crippen molar-refractivity contribution in [2.24, 2.45) is 0 Å². The van der Waals surface area contributed by atoms with Gasteiger partial charge in [-0.1, -0.05) is 42.5 Å². The summed E-state index contributed by atoms with van der Waals surface area (Å²) in [6.45, 7) is 6.93. The van der Waals surface area contributed by atoms with Crippen molar-refractivity contribution in [2.75, 3.05) is 33.7 Å². The minimum Gasteiger partial charge on any atom is -0.353 e. The second kappa shape index (κ2) is 7.65.